The number of hydrogen-bond acceptors (Lipinski definition) is 2. The van der Waals surface area contributed by atoms with Gasteiger partial charge in [-0.15, -0.1) is 0 Å². The second kappa shape index (κ2) is 4.56. The second-order valence-electron chi connectivity index (χ2n) is 5.07. The molecule has 2 heteroatoms. The molecule has 0 amide bonds. The number of rotatable bonds is 2. The van der Waals surface area contributed by atoms with Gasteiger partial charge in [0.1, 0.15) is 5.76 Å². The second-order valence-corrected chi connectivity index (χ2v) is 5.07. The maximum atomic E-state index is 5.81. The Bertz CT molecular complexity index is 237. The molecule has 0 aliphatic carbocycles. The van der Waals surface area contributed by atoms with Crippen LogP contribution in [0.3, 0.4) is 0 Å². The molecule has 15 heavy (non-hydrogen) atoms. The average molecular weight is 209 g/mol. The van der Waals surface area contributed by atoms with Gasteiger partial charge in [0.2, 0.25) is 0 Å². The molecule has 1 N–H and O–H groups in total. The highest BCUT2D eigenvalue weighted by atomic mass is 16.5. The van der Waals surface area contributed by atoms with Crippen molar-refractivity contribution in [3.63, 3.8) is 0 Å². The van der Waals surface area contributed by atoms with Crippen LogP contribution in [0.4, 0.5) is 0 Å². The van der Waals surface area contributed by atoms with Crippen molar-refractivity contribution in [1.29, 1.82) is 0 Å². The minimum absolute atomic E-state index is 0.132. The molecule has 1 unspecified atom stereocenters. The summed E-state index contributed by atoms with van der Waals surface area (Å²) in [5.74, 6) is 1.83. The third kappa shape index (κ3) is 2.05. The first-order valence-electron chi connectivity index (χ1n) is 6.34. The SMILES string of the molecule is CC(C)C1(C2=CCCO2)CCCCCN1. The lowest BCUT2D eigenvalue weighted by atomic mass is 9.80. The fourth-order valence-electron chi connectivity index (χ4n) is 2.82. The topological polar surface area (TPSA) is 21.3 Å². The van der Waals surface area contributed by atoms with Crippen molar-refractivity contribution in [2.75, 3.05) is 13.2 Å². The molecule has 2 heterocycles. The third-order valence-electron chi connectivity index (χ3n) is 3.82. The summed E-state index contributed by atoms with van der Waals surface area (Å²) >= 11 is 0. The normalized spacial score (nSPS) is 32.3. The van der Waals surface area contributed by atoms with Gasteiger partial charge < -0.3 is 10.1 Å². The quantitative estimate of drug-likeness (QED) is 0.755. The van der Waals surface area contributed by atoms with E-state index >= 15 is 0 Å². The first-order valence-corrected chi connectivity index (χ1v) is 6.34. The van der Waals surface area contributed by atoms with Crippen LogP contribution in [0.2, 0.25) is 0 Å². The monoisotopic (exact) mass is 209 g/mol. The Morgan fingerprint density at radius 3 is 2.87 bits per heavy atom. The molecule has 1 saturated heterocycles. The zero-order valence-corrected chi connectivity index (χ0v) is 10.0. The lowest BCUT2D eigenvalue weighted by molar-refractivity contribution is 0.136. The van der Waals surface area contributed by atoms with Crippen molar-refractivity contribution in [1.82, 2.24) is 5.32 Å². The van der Waals surface area contributed by atoms with Crippen molar-refractivity contribution in [3.8, 4) is 0 Å². The minimum atomic E-state index is 0.132. The van der Waals surface area contributed by atoms with E-state index < -0.39 is 0 Å². The average Bonchev–Trinajstić information content (AvgIpc) is 2.63. The molecular formula is C13H23NO. The molecule has 0 aromatic carbocycles. The molecule has 86 valence electrons. The van der Waals surface area contributed by atoms with Crippen LogP contribution in [0.1, 0.15) is 46.0 Å². The van der Waals surface area contributed by atoms with E-state index in [1.54, 1.807) is 0 Å². The summed E-state index contributed by atoms with van der Waals surface area (Å²) in [7, 11) is 0. The van der Waals surface area contributed by atoms with Gasteiger partial charge >= 0.3 is 0 Å². The van der Waals surface area contributed by atoms with E-state index in [1.165, 1.54) is 31.4 Å². The van der Waals surface area contributed by atoms with Gasteiger partial charge in [0.05, 0.1) is 12.1 Å². The van der Waals surface area contributed by atoms with Gasteiger partial charge in [-0.25, -0.2) is 0 Å². The molecule has 2 aliphatic heterocycles. The molecule has 0 saturated carbocycles. The van der Waals surface area contributed by atoms with Crippen LogP contribution < -0.4 is 5.32 Å². The zero-order valence-electron chi connectivity index (χ0n) is 10.0. The Labute approximate surface area is 93.1 Å². The fourth-order valence-corrected chi connectivity index (χ4v) is 2.82. The summed E-state index contributed by atoms with van der Waals surface area (Å²) in [6.07, 6.45) is 8.60. The Morgan fingerprint density at radius 1 is 1.33 bits per heavy atom. The van der Waals surface area contributed by atoms with E-state index in [0.717, 1.165) is 19.6 Å². The van der Waals surface area contributed by atoms with Crippen LogP contribution in [-0.2, 0) is 4.74 Å². The summed E-state index contributed by atoms with van der Waals surface area (Å²) < 4.78 is 5.81. The van der Waals surface area contributed by atoms with Crippen LogP contribution in [0, 0.1) is 5.92 Å². The lowest BCUT2D eigenvalue weighted by Crippen LogP contribution is -2.50. The molecule has 0 bridgehead atoms. The number of ether oxygens (including phenoxy) is 1. The molecular weight excluding hydrogens is 186 g/mol. The van der Waals surface area contributed by atoms with E-state index in [2.05, 4.69) is 25.2 Å². The molecule has 0 spiro atoms. The maximum absolute atomic E-state index is 5.81. The smallest absolute Gasteiger partial charge is 0.112 e. The molecule has 2 rings (SSSR count). The zero-order chi connectivity index (χ0) is 10.7. The van der Waals surface area contributed by atoms with Crippen LogP contribution in [0.25, 0.3) is 0 Å². The predicted octanol–water partition coefficient (Wildman–Crippen LogP) is 2.85. The van der Waals surface area contributed by atoms with Crippen LogP contribution in [-0.4, -0.2) is 18.7 Å². The van der Waals surface area contributed by atoms with E-state index in [0.29, 0.717) is 5.92 Å². The summed E-state index contributed by atoms with van der Waals surface area (Å²) in [5.41, 5.74) is 0.132. The van der Waals surface area contributed by atoms with Gasteiger partial charge in [-0.2, -0.15) is 0 Å². The molecule has 1 atom stereocenters. The Hall–Kier alpha value is -0.500. The lowest BCUT2D eigenvalue weighted by Gasteiger charge is -2.38. The predicted molar refractivity (Wildman–Crippen MR) is 62.7 cm³/mol. The Morgan fingerprint density at radius 2 is 2.20 bits per heavy atom. The maximum Gasteiger partial charge on any atom is 0.112 e. The number of hydrogen-bond donors (Lipinski definition) is 1. The Balaban J connectivity index is 2.21. The van der Waals surface area contributed by atoms with Crippen molar-refractivity contribution >= 4 is 0 Å². The molecule has 0 aromatic heterocycles. The summed E-state index contributed by atoms with van der Waals surface area (Å²) in [5, 5.41) is 3.74. The highest BCUT2D eigenvalue weighted by Crippen LogP contribution is 2.36. The van der Waals surface area contributed by atoms with Crippen molar-refractivity contribution in [2.24, 2.45) is 5.92 Å². The van der Waals surface area contributed by atoms with Crippen LogP contribution in [0.5, 0.6) is 0 Å². The first kappa shape index (κ1) is 11.0. The van der Waals surface area contributed by atoms with Gasteiger partial charge in [0.25, 0.3) is 0 Å². The Kier molecular flexibility index (Phi) is 3.35. The van der Waals surface area contributed by atoms with Crippen LogP contribution in [0.15, 0.2) is 11.8 Å². The summed E-state index contributed by atoms with van der Waals surface area (Å²) in [6, 6.07) is 0. The summed E-state index contributed by atoms with van der Waals surface area (Å²) in [4.78, 5) is 0. The molecule has 0 radical (unpaired) electrons. The minimum Gasteiger partial charge on any atom is -0.496 e. The number of nitrogens with one attached hydrogen (secondary N) is 1. The third-order valence-corrected chi connectivity index (χ3v) is 3.82. The van der Waals surface area contributed by atoms with Gasteiger partial charge in [0.15, 0.2) is 0 Å². The highest BCUT2D eigenvalue weighted by Gasteiger charge is 2.40. The summed E-state index contributed by atoms with van der Waals surface area (Å²) in [6.45, 7) is 6.63. The van der Waals surface area contributed by atoms with E-state index in [-0.39, 0.29) is 5.54 Å². The van der Waals surface area contributed by atoms with Gasteiger partial charge in [-0.05, 0) is 31.4 Å². The van der Waals surface area contributed by atoms with Crippen molar-refractivity contribution in [2.45, 2.75) is 51.5 Å². The molecule has 0 aromatic rings. The fraction of sp³-hybridized carbons (Fsp3) is 0.846. The van der Waals surface area contributed by atoms with E-state index in [9.17, 15) is 0 Å². The van der Waals surface area contributed by atoms with Crippen molar-refractivity contribution in [3.05, 3.63) is 11.8 Å². The first-order chi connectivity index (χ1) is 7.26. The van der Waals surface area contributed by atoms with E-state index in [1.807, 2.05) is 0 Å². The van der Waals surface area contributed by atoms with E-state index in [4.69, 9.17) is 4.74 Å². The molecule has 1 fully saturated rings. The highest BCUT2D eigenvalue weighted by molar-refractivity contribution is 5.19. The standard InChI is InChI=1S/C13H23NO/c1-11(2)13(12-7-6-10-15-12)8-4-3-5-9-14-13/h7,11,14H,3-6,8-10H2,1-2H3. The largest absolute Gasteiger partial charge is 0.496 e. The van der Waals surface area contributed by atoms with Gasteiger partial charge in [-0.3, -0.25) is 0 Å². The van der Waals surface area contributed by atoms with Gasteiger partial charge in [0, 0.05) is 6.42 Å². The molecule has 2 nitrogen and oxygen atoms in total. The molecule has 2 aliphatic rings. The van der Waals surface area contributed by atoms with Crippen LogP contribution >= 0.6 is 0 Å². The van der Waals surface area contributed by atoms with Crippen molar-refractivity contribution < 1.29 is 4.74 Å². The van der Waals surface area contributed by atoms with Gasteiger partial charge in [-0.1, -0.05) is 26.7 Å².